The molecule has 3 nitrogen and oxygen atoms in total. The van der Waals surface area contributed by atoms with Gasteiger partial charge in [0.25, 0.3) is 0 Å². The van der Waals surface area contributed by atoms with Crippen molar-refractivity contribution in [1.82, 2.24) is 0 Å². The summed E-state index contributed by atoms with van der Waals surface area (Å²) >= 11 is 0. The quantitative estimate of drug-likeness (QED) is 0.539. The molecule has 0 aliphatic rings. The number of benzene rings is 1. The fourth-order valence-corrected chi connectivity index (χ4v) is 1.17. The Morgan fingerprint density at radius 3 is 2.86 bits per heavy atom. The standard InChI is InChI=1S/C11H11NO2/c1-12-10-6-4-3-5-9(10)7-8-11(13)14-2/h3-6H,7-8H2,2H3. The highest BCUT2D eigenvalue weighted by Crippen LogP contribution is 2.19. The van der Waals surface area contributed by atoms with Crippen LogP contribution in [0.3, 0.4) is 0 Å². The molecule has 0 aliphatic heterocycles. The van der Waals surface area contributed by atoms with Gasteiger partial charge in [-0.15, -0.1) is 0 Å². The predicted molar refractivity (Wildman–Crippen MR) is 53.0 cm³/mol. The van der Waals surface area contributed by atoms with Crippen LogP contribution >= 0.6 is 0 Å². The van der Waals surface area contributed by atoms with Crippen molar-refractivity contribution in [3.8, 4) is 0 Å². The van der Waals surface area contributed by atoms with Gasteiger partial charge >= 0.3 is 5.97 Å². The first kappa shape index (κ1) is 10.3. The molecule has 0 N–H and O–H groups in total. The second-order valence-corrected chi connectivity index (χ2v) is 2.82. The lowest BCUT2D eigenvalue weighted by Crippen LogP contribution is -2.01. The van der Waals surface area contributed by atoms with Gasteiger partial charge in [-0.3, -0.25) is 4.79 Å². The van der Waals surface area contributed by atoms with Gasteiger partial charge in [0.05, 0.1) is 13.7 Å². The van der Waals surface area contributed by atoms with Gasteiger partial charge in [0.15, 0.2) is 5.69 Å². The molecule has 0 spiro atoms. The molecule has 0 aromatic heterocycles. The van der Waals surface area contributed by atoms with Gasteiger partial charge in [-0.25, -0.2) is 4.85 Å². The lowest BCUT2D eigenvalue weighted by Gasteiger charge is -2.02. The van der Waals surface area contributed by atoms with Gasteiger partial charge in [0.2, 0.25) is 0 Å². The second-order valence-electron chi connectivity index (χ2n) is 2.82. The normalized spacial score (nSPS) is 9.14. The van der Waals surface area contributed by atoms with Crippen molar-refractivity contribution in [3.63, 3.8) is 0 Å². The number of carbonyl (C=O) groups is 1. The highest BCUT2D eigenvalue weighted by atomic mass is 16.5. The average Bonchev–Trinajstić information content (AvgIpc) is 2.26. The molecule has 1 rings (SSSR count). The molecule has 0 unspecified atom stereocenters. The van der Waals surface area contributed by atoms with E-state index in [9.17, 15) is 4.79 Å². The molecule has 0 bridgehead atoms. The number of nitrogens with zero attached hydrogens (tertiary/aromatic N) is 1. The van der Waals surface area contributed by atoms with Crippen molar-refractivity contribution in [3.05, 3.63) is 41.2 Å². The Morgan fingerprint density at radius 2 is 2.21 bits per heavy atom. The van der Waals surface area contributed by atoms with Crippen molar-refractivity contribution in [2.75, 3.05) is 7.11 Å². The Morgan fingerprint density at radius 1 is 1.50 bits per heavy atom. The summed E-state index contributed by atoms with van der Waals surface area (Å²) in [4.78, 5) is 14.3. The highest BCUT2D eigenvalue weighted by molar-refractivity contribution is 5.70. The van der Waals surface area contributed by atoms with Gasteiger partial charge in [0, 0.05) is 6.42 Å². The Balaban J connectivity index is 2.68. The third kappa shape index (κ3) is 2.60. The molecule has 0 saturated carbocycles. The highest BCUT2D eigenvalue weighted by Gasteiger charge is 2.04. The van der Waals surface area contributed by atoms with E-state index in [-0.39, 0.29) is 5.97 Å². The molecule has 0 fully saturated rings. The zero-order valence-electron chi connectivity index (χ0n) is 7.99. The van der Waals surface area contributed by atoms with Crippen LogP contribution in [-0.4, -0.2) is 13.1 Å². The molecule has 1 aromatic carbocycles. The summed E-state index contributed by atoms with van der Waals surface area (Å²) in [6.45, 7) is 6.92. The minimum atomic E-state index is -0.246. The minimum Gasteiger partial charge on any atom is -0.469 e. The Labute approximate surface area is 83.1 Å². The zero-order valence-corrected chi connectivity index (χ0v) is 7.99. The van der Waals surface area contributed by atoms with Crippen molar-refractivity contribution >= 4 is 11.7 Å². The van der Waals surface area contributed by atoms with E-state index < -0.39 is 0 Å². The van der Waals surface area contributed by atoms with Gasteiger partial charge in [-0.05, 0) is 12.0 Å². The molecule has 3 heteroatoms. The zero-order chi connectivity index (χ0) is 10.4. The SMILES string of the molecule is [C-]#[N+]c1ccccc1CCC(=O)OC. The van der Waals surface area contributed by atoms with Crippen LogP contribution in [0.1, 0.15) is 12.0 Å². The number of hydrogen-bond donors (Lipinski definition) is 0. The van der Waals surface area contributed by atoms with Crippen LogP contribution in [0.4, 0.5) is 5.69 Å². The van der Waals surface area contributed by atoms with Gasteiger partial charge in [-0.1, -0.05) is 24.3 Å². The maximum Gasteiger partial charge on any atom is 0.305 e. The minimum absolute atomic E-state index is 0.246. The number of para-hydroxylation sites is 1. The summed E-state index contributed by atoms with van der Waals surface area (Å²) in [5.41, 5.74) is 1.50. The first-order valence-electron chi connectivity index (χ1n) is 4.30. The average molecular weight is 189 g/mol. The van der Waals surface area contributed by atoms with Crippen LogP contribution in [0.2, 0.25) is 0 Å². The van der Waals surface area contributed by atoms with Crippen molar-refractivity contribution in [1.29, 1.82) is 0 Å². The summed E-state index contributed by atoms with van der Waals surface area (Å²) in [5.74, 6) is -0.246. The molecule has 1 aromatic rings. The number of rotatable bonds is 3. The van der Waals surface area contributed by atoms with Crippen LogP contribution in [0.25, 0.3) is 4.85 Å². The number of methoxy groups -OCH3 is 1. The fourth-order valence-electron chi connectivity index (χ4n) is 1.17. The number of hydrogen-bond acceptors (Lipinski definition) is 2. The topological polar surface area (TPSA) is 30.7 Å². The van der Waals surface area contributed by atoms with Crippen molar-refractivity contribution < 1.29 is 9.53 Å². The smallest absolute Gasteiger partial charge is 0.305 e. The largest absolute Gasteiger partial charge is 0.469 e. The van der Waals surface area contributed by atoms with E-state index in [1.807, 2.05) is 18.2 Å². The van der Waals surface area contributed by atoms with Gasteiger partial charge < -0.3 is 4.74 Å². The third-order valence-electron chi connectivity index (χ3n) is 1.94. The second kappa shape index (κ2) is 5.03. The molecular formula is C11H11NO2. The number of ether oxygens (including phenoxy) is 1. The first-order chi connectivity index (χ1) is 6.77. The summed E-state index contributed by atoms with van der Waals surface area (Å²) in [7, 11) is 1.36. The summed E-state index contributed by atoms with van der Waals surface area (Å²) in [6, 6.07) is 7.28. The molecular weight excluding hydrogens is 178 g/mol. The lowest BCUT2D eigenvalue weighted by molar-refractivity contribution is -0.140. The summed E-state index contributed by atoms with van der Waals surface area (Å²) in [6.07, 6.45) is 0.883. The van der Waals surface area contributed by atoms with Crippen LogP contribution in [-0.2, 0) is 16.0 Å². The predicted octanol–water partition coefficient (Wildman–Crippen LogP) is 2.34. The maximum absolute atomic E-state index is 10.9. The Kier molecular flexibility index (Phi) is 3.69. The third-order valence-corrected chi connectivity index (χ3v) is 1.94. The van der Waals surface area contributed by atoms with E-state index in [1.165, 1.54) is 7.11 Å². The van der Waals surface area contributed by atoms with Gasteiger partial charge in [0.1, 0.15) is 0 Å². The molecule has 0 radical (unpaired) electrons. The van der Waals surface area contributed by atoms with E-state index in [1.54, 1.807) is 6.07 Å². The van der Waals surface area contributed by atoms with Crippen LogP contribution in [0.5, 0.6) is 0 Å². The van der Waals surface area contributed by atoms with Crippen LogP contribution < -0.4 is 0 Å². The molecule has 0 aliphatic carbocycles. The molecule has 72 valence electrons. The molecule has 14 heavy (non-hydrogen) atoms. The molecule has 0 saturated heterocycles. The van der Waals surface area contributed by atoms with Gasteiger partial charge in [-0.2, -0.15) is 0 Å². The molecule has 0 amide bonds. The van der Waals surface area contributed by atoms with Crippen molar-refractivity contribution in [2.45, 2.75) is 12.8 Å². The Hall–Kier alpha value is -1.82. The number of esters is 1. The number of carbonyl (C=O) groups excluding carboxylic acids is 1. The van der Waals surface area contributed by atoms with Crippen molar-refractivity contribution in [2.24, 2.45) is 0 Å². The Bertz CT molecular complexity index is 366. The number of aryl methyl sites for hydroxylation is 1. The fraction of sp³-hybridized carbons (Fsp3) is 0.273. The maximum atomic E-state index is 10.9. The molecule has 0 atom stereocenters. The summed E-state index contributed by atoms with van der Waals surface area (Å²) < 4.78 is 4.53. The van der Waals surface area contributed by atoms with E-state index in [0.717, 1.165) is 5.56 Å². The van der Waals surface area contributed by atoms with E-state index in [2.05, 4.69) is 9.58 Å². The monoisotopic (exact) mass is 189 g/mol. The van der Waals surface area contributed by atoms with E-state index >= 15 is 0 Å². The van der Waals surface area contributed by atoms with E-state index in [0.29, 0.717) is 18.5 Å². The van der Waals surface area contributed by atoms with Crippen LogP contribution in [0, 0.1) is 6.57 Å². The lowest BCUT2D eigenvalue weighted by atomic mass is 10.1. The summed E-state index contributed by atoms with van der Waals surface area (Å²) in [5, 5.41) is 0. The van der Waals surface area contributed by atoms with Crippen LogP contribution in [0.15, 0.2) is 24.3 Å². The van der Waals surface area contributed by atoms with E-state index in [4.69, 9.17) is 6.57 Å². The first-order valence-corrected chi connectivity index (χ1v) is 4.30. The molecule has 0 heterocycles.